The average molecular weight is 387 g/mol. The van der Waals surface area contributed by atoms with Gasteiger partial charge in [-0.2, -0.15) is 0 Å². The molecule has 23 heavy (non-hydrogen) atoms. The maximum Gasteiger partial charge on any atom is 0.330 e. The topological polar surface area (TPSA) is 34.8 Å². The van der Waals surface area contributed by atoms with Crippen molar-refractivity contribution in [2.24, 2.45) is 0 Å². The van der Waals surface area contributed by atoms with Gasteiger partial charge >= 0.3 is 5.65 Å². The first kappa shape index (κ1) is 14.4. The molecule has 0 aliphatic heterocycles. The third kappa shape index (κ3) is 2.62. The van der Waals surface area contributed by atoms with E-state index >= 15 is 0 Å². The van der Waals surface area contributed by atoms with Crippen molar-refractivity contribution in [2.75, 3.05) is 0 Å². The van der Waals surface area contributed by atoms with E-state index in [1.54, 1.807) is 6.20 Å². The van der Waals surface area contributed by atoms with Crippen LogP contribution >= 0.6 is 27.5 Å². The molecule has 0 saturated carbocycles. The molecule has 2 aromatic carbocycles. The number of aromatic nitrogens is 4. The Morgan fingerprint density at radius 3 is 2.48 bits per heavy atom. The minimum atomic E-state index is 0.700. The molecule has 0 radical (unpaired) electrons. The highest BCUT2D eigenvalue weighted by atomic mass is 79.9. The Kier molecular flexibility index (Phi) is 3.59. The monoisotopic (exact) mass is 385 g/mol. The molecule has 4 nitrogen and oxygen atoms in total. The lowest BCUT2D eigenvalue weighted by Gasteiger charge is -1.98. The van der Waals surface area contributed by atoms with Crippen molar-refractivity contribution in [2.45, 2.75) is 0 Å². The van der Waals surface area contributed by atoms with E-state index in [-0.39, 0.29) is 0 Å². The first-order valence-corrected chi connectivity index (χ1v) is 8.17. The van der Waals surface area contributed by atoms with Crippen LogP contribution in [0.25, 0.3) is 22.6 Å². The van der Waals surface area contributed by atoms with Crippen LogP contribution in [0.2, 0.25) is 5.02 Å². The van der Waals surface area contributed by atoms with Gasteiger partial charge in [-0.15, -0.1) is 9.50 Å². The molecule has 4 rings (SSSR count). The third-order valence-electron chi connectivity index (χ3n) is 3.51. The molecular weight excluding hydrogens is 376 g/mol. The first-order valence-electron chi connectivity index (χ1n) is 7.00. The predicted octanol–water partition coefficient (Wildman–Crippen LogP) is 4.09. The van der Waals surface area contributed by atoms with E-state index in [9.17, 15) is 0 Å². The number of hydrogen-bond acceptors (Lipinski definition) is 2. The fourth-order valence-electron chi connectivity index (χ4n) is 2.42. The predicted molar refractivity (Wildman–Crippen MR) is 92.7 cm³/mol. The van der Waals surface area contributed by atoms with E-state index in [0.717, 1.165) is 27.1 Å². The van der Waals surface area contributed by atoms with E-state index in [1.165, 1.54) is 0 Å². The Morgan fingerprint density at radius 1 is 1.00 bits per heavy atom. The van der Waals surface area contributed by atoms with Crippen LogP contribution in [0, 0.1) is 0 Å². The van der Waals surface area contributed by atoms with E-state index in [4.69, 9.17) is 16.7 Å². The van der Waals surface area contributed by atoms with Gasteiger partial charge in [0.15, 0.2) is 0 Å². The second-order valence-corrected chi connectivity index (χ2v) is 6.36. The average Bonchev–Trinajstić information content (AvgIpc) is 2.96. The second kappa shape index (κ2) is 5.76. The van der Waals surface area contributed by atoms with E-state index in [0.29, 0.717) is 5.02 Å². The summed E-state index contributed by atoms with van der Waals surface area (Å²) in [5.41, 5.74) is 3.53. The summed E-state index contributed by atoms with van der Waals surface area (Å²) >= 11 is 9.44. The largest absolute Gasteiger partial charge is 0.330 e. The molecule has 0 bridgehead atoms. The standard InChI is InChI=1S/C17H11BrClN4/c18-13-4-8-15(9-5-13)23-21-16(12-2-6-14(19)7-3-12)17-20-10-1-11-22(17)23/h1-11H/q+1. The molecule has 0 saturated heterocycles. The lowest BCUT2D eigenvalue weighted by Crippen LogP contribution is -2.32. The fourth-order valence-corrected chi connectivity index (χ4v) is 2.82. The van der Waals surface area contributed by atoms with Crippen LogP contribution in [0.4, 0.5) is 0 Å². The number of halogens is 2. The zero-order valence-electron chi connectivity index (χ0n) is 11.9. The molecule has 2 heterocycles. The summed E-state index contributed by atoms with van der Waals surface area (Å²) in [7, 11) is 0. The van der Waals surface area contributed by atoms with Crippen molar-refractivity contribution in [3.8, 4) is 16.9 Å². The molecule has 0 N–H and O–H groups in total. The maximum absolute atomic E-state index is 5.98. The summed E-state index contributed by atoms with van der Waals surface area (Å²) in [4.78, 5) is 6.31. The molecule has 112 valence electrons. The number of hydrogen-bond donors (Lipinski definition) is 0. The summed E-state index contributed by atoms with van der Waals surface area (Å²) in [6, 6.07) is 17.5. The number of fused-ring (bicyclic) bond motifs is 1. The normalized spacial score (nSPS) is 11.0. The lowest BCUT2D eigenvalue weighted by molar-refractivity contribution is -0.606. The quantitative estimate of drug-likeness (QED) is 0.486. The second-order valence-electron chi connectivity index (χ2n) is 5.01. The van der Waals surface area contributed by atoms with Gasteiger partial charge < -0.3 is 0 Å². The smallest absolute Gasteiger partial charge is 0.126 e. The zero-order chi connectivity index (χ0) is 15.8. The van der Waals surface area contributed by atoms with Gasteiger partial charge in [0.05, 0.1) is 6.20 Å². The molecule has 0 atom stereocenters. The fraction of sp³-hybridized carbons (Fsp3) is 0. The molecule has 2 aromatic heterocycles. The van der Waals surface area contributed by atoms with Crippen molar-refractivity contribution in [1.29, 1.82) is 0 Å². The van der Waals surface area contributed by atoms with Gasteiger partial charge in [-0.3, -0.25) is 0 Å². The van der Waals surface area contributed by atoms with Crippen LogP contribution in [-0.4, -0.2) is 14.9 Å². The lowest BCUT2D eigenvalue weighted by atomic mass is 10.2. The molecule has 4 aromatic rings. The Hall–Kier alpha value is -2.24. The zero-order valence-corrected chi connectivity index (χ0v) is 14.2. The van der Waals surface area contributed by atoms with Crippen molar-refractivity contribution in [1.82, 2.24) is 14.9 Å². The van der Waals surface area contributed by atoms with Gasteiger partial charge in [0, 0.05) is 21.1 Å². The molecule has 0 amide bonds. The van der Waals surface area contributed by atoms with Gasteiger partial charge in [0.1, 0.15) is 11.9 Å². The molecule has 0 fully saturated rings. The van der Waals surface area contributed by atoms with Crippen molar-refractivity contribution < 1.29 is 4.52 Å². The number of nitrogens with zero attached hydrogens (tertiary/aromatic N) is 4. The summed E-state index contributed by atoms with van der Waals surface area (Å²) in [5, 5.41) is 5.45. The van der Waals surface area contributed by atoms with Gasteiger partial charge in [0.2, 0.25) is 5.69 Å². The van der Waals surface area contributed by atoms with E-state index in [1.807, 2.05) is 70.1 Å². The highest BCUT2D eigenvalue weighted by Crippen LogP contribution is 2.22. The maximum atomic E-state index is 5.98. The van der Waals surface area contributed by atoms with Crippen LogP contribution in [-0.2, 0) is 0 Å². The SMILES string of the molecule is Clc1ccc(-c2nn(-c3ccc(Br)cc3)[n+]3cccnc23)cc1. The van der Waals surface area contributed by atoms with Crippen molar-refractivity contribution >= 4 is 33.2 Å². The van der Waals surface area contributed by atoms with E-state index in [2.05, 4.69) is 20.9 Å². The van der Waals surface area contributed by atoms with Gasteiger partial charge in [0.25, 0.3) is 0 Å². The molecule has 0 aliphatic rings. The first-order chi connectivity index (χ1) is 11.2. The Bertz CT molecular complexity index is 898. The molecular formula is C17H11BrClN4+. The van der Waals surface area contributed by atoms with Gasteiger partial charge in [-0.05, 0) is 53.6 Å². The van der Waals surface area contributed by atoms with Crippen molar-refractivity contribution in [3.63, 3.8) is 0 Å². The Morgan fingerprint density at radius 2 is 1.74 bits per heavy atom. The van der Waals surface area contributed by atoms with E-state index < -0.39 is 0 Å². The van der Waals surface area contributed by atoms with Crippen molar-refractivity contribution in [3.05, 3.63) is 76.5 Å². The highest BCUT2D eigenvalue weighted by Gasteiger charge is 2.22. The van der Waals surface area contributed by atoms with Crippen LogP contribution in [0.3, 0.4) is 0 Å². The minimum Gasteiger partial charge on any atom is -0.126 e. The third-order valence-corrected chi connectivity index (χ3v) is 4.29. The molecule has 0 spiro atoms. The molecule has 0 unspecified atom stereocenters. The molecule has 6 heteroatoms. The van der Waals surface area contributed by atoms with Crippen LogP contribution in [0.5, 0.6) is 0 Å². The highest BCUT2D eigenvalue weighted by molar-refractivity contribution is 9.10. The van der Waals surface area contributed by atoms with Crippen LogP contribution < -0.4 is 4.52 Å². The van der Waals surface area contributed by atoms with Gasteiger partial charge in [-0.25, -0.2) is 0 Å². The van der Waals surface area contributed by atoms with Gasteiger partial charge in [-0.1, -0.05) is 32.3 Å². The summed E-state index contributed by atoms with van der Waals surface area (Å²) < 4.78 is 2.95. The van der Waals surface area contributed by atoms with Crippen LogP contribution in [0.15, 0.2) is 71.5 Å². The summed E-state index contributed by atoms with van der Waals surface area (Å²) in [6.07, 6.45) is 3.71. The number of rotatable bonds is 2. The Balaban J connectivity index is 1.96. The summed E-state index contributed by atoms with van der Waals surface area (Å²) in [6.45, 7) is 0. The summed E-state index contributed by atoms with van der Waals surface area (Å²) in [5.74, 6) is 0. The minimum absolute atomic E-state index is 0.700. The number of benzene rings is 2. The molecule has 0 aliphatic carbocycles. The Labute approximate surface area is 146 Å². The van der Waals surface area contributed by atoms with Crippen LogP contribution in [0.1, 0.15) is 0 Å².